The molecule has 142 valence electrons. The number of hydrogen-bond donors (Lipinski definition) is 1. The number of likely N-dealkylation sites (tertiary alicyclic amines) is 1. The monoisotopic (exact) mass is 368 g/mol. The van der Waals surface area contributed by atoms with E-state index in [0.717, 1.165) is 37.9 Å². The topological polar surface area (TPSA) is 93.1 Å². The molecule has 0 aliphatic carbocycles. The summed E-state index contributed by atoms with van der Waals surface area (Å²) in [6.45, 7) is 3.99. The van der Waals surface area contributed by atoms with E-state index < -0.39 is 0 Å². The number of nitrogens with one attached hydrogen (secondary N) is 1. The number of aryl methyl sites for hydroxylation is 1. The van der Waals surface area contributed by atoms with Gasteiger partial charge in [0, 0.05) is 44.1 Å². The summed E-state index contributed by atoms with van der Waals surface area (Å²) in [5, 5.41) is 3.12. The highest BCUT2D eigenvalue weighted by Crippen LogP contribution is 2.34. The van der Waals surface area contributed by atoms with Crippen molar-refractivity contribution in [2.45, 2.75) is 38.6 Å². The lowest BCUT2D eigenvalue weighted by Gasteiger charge is -2.30. The van der Waals surface area contributed by atoms with Crippen LogP contribution in [0.4, 0.5) is 11.8 Å². The number of amides is 1. The maximum Gasteiger partial charge on any atom is 0.228 e. The molecule has 0 saturated carbocycles. The largest absolute Gasteiger partial charge is 0.381 e. The molecule has 4 rings (SSSR count). The van der Waals surface area contributed by atoms with E-state index in [0.29, 0.717) is 30.8 Å². The number of carbonyl (C=O) groups excluding carboxylic acids is 1. The quantitative estimate of drug-likeness (QED) is 0.886. The predicted octanol–water partition coefficient (Wildman–Crippen LogP) is 2.41. The average molecular weight is 368 g/mol. The van der Waals surface area contributed by atoms with Crippen molar-refractivity contribution in [2.75, 3.05) is 25.1 Å². The van der Waals surface area contributed by atoms with Gasteiger partial charge in [0.05, 0.1) is 11.7 Å². The number of nitrogens with zero attached hydrogens (tertiary/aromatic N) is 5. The second-order valence-corrected chi connectivity index (χ2v) is 7.00. The molecular formula is C19H24N6O2. The molecule has 1 atom stereocenters. The average Bonchev–Trinajstić information content (AvgIpc) is 3.18. The molecule has 0 aromatic carbocycles. The Morgan fingerprint density at radius 2 is 1.96 bits per heavy atom. The molecule has 27 heavy (non-hydrogen) atoms. The van der Waals surface area contributed by atoms with Crippen LogP contribution in [0.5, 0.6) is 0 Å². The van der Waals surface area contributed by atoms with E-state index in [1.807, 2.05) is 17.9 Å². The molecule has 2 aliphatic rings. The third kappa shape index (κ3) is 4.05. The first-order valence-electron chi connectivity index (χ1n) is 9.48. The Morgan fingerprint density at radius 1 is 1.19 bits per heavy atom. The molecule has 2 saturated heterocycles. The third-order valence-corrected chi connectivity index (χ3v) is 5.11. The SMILES string of the molecule is Cc1nc(Nc2ncccn2)cc(C2CCCN2C(=O)C2CCOCC2)n1. The first-order valence-corrected chi connectivity index (χ1v) is 9.48. The Labute approximate surface area is 158 Å². The van der Waals surface area contributed by atoms with Gasteiger partial charge in [0.15, 0.2) is 0 Å². The van der Waals surface area contributed by atoms with Crippen LogP contribution in [0.15, 0.2) is 24.5 Å². The van der Waals surface area contributed by atoms with Crippen molar-refractivity contribution in [1.29, 1.82) is 0 Å². The summed E-state index contributed by atoms with van der Waals surface area (Å²) < 4.78 is 5.40. The molecular weight excluding hydrogens is 344 g/mol. The maximum atomic E-state index is 13.0. The molecule has 0 spiro atoms. The van der Waals surface area contributed by atoms with Crippen molar-refractivity contribution in [2.24, 2.45) is 5.92 Å². The van der Waals surface area contributed by atoms with Crippen LogP contribution < -0.4 is 5.32 Å². The second kappa shape index (κ2) is 7.96. The molecule has 8 heteroatoms. The van der Waals surface area contributed by atoms with Gasteiger partial charge >= 0.3 is 0 Å². The van der Waals surface area contributed by atoms with Crippen molar-refractivity contribution in [3.05, 3.63) is 36.0 Å². The number of aromatic nitrogens is 4. The molecule has 1 amide bonds. The van der Waals surface area contributed by atoms with Crippen molar-refractivity contribution >= 4 is 17.7 Å². The fourth-order valence-electron chi connectivity index (χ4n) is 3.82. The highest BCUT2D eigenvalue weighted by Gasteiger charge is 2.35. The number of hydrogen-bond acceptors (Lipinski definition) is 7. The summed E-state index contributed by atoms with van der Waals surface area (Å²) in [5.74, 6) is 2.10. The van der Waals surface area contributed by atoms with Crippen LogP contribution >= 0.6 is 0 Å². The maximum absolute atomic E-state index is 13.0. The minimum atomic E-state index is -0.000661. The molecule has 0 bridgehead atoms. The Kier molecular flexibility index (Phi) is 5.24. The molecule has 2 aliphatic heterocycles. The van der Waals surface area contributed by atoms with Crippen LogP contribution in [-0.4, -0.2) is 50.5 Å². The molecule has 2 fully saturated rings. The van der Waals surface area contributed by atoms with Crippen LogP contribution in [0.25, 0.3) is 0 Å². The molecule has 2 aromatic rings. The Hall–Kier alpha value is -2.61. The van der Waals surface area contributed by atoms with Gasteiger partial charge in [0.2, 0.25) is 11.9 Å². The lowest BCUT2D eigenvalue weighted by molar-refractivity contribution is -0.139. The van der Waals surface area contributed by atoms with E-state index in [-0.39, 0.29) is 17.9 Å². The van der Waals surface area contributed by atoms with E-state index in [1.54, 1.807) is 18.5 Å². The molecule has 0 radical (unpaired) electrons. The van der Waals surface area contributed by atoms with Crippen LogP contribution in [-0.2, 0) is 9.53 Å². The Bertz CT molecular complexity index is 794. The van der Waals surface area contributed by atoms with Crippen molar-refractivity contribution in [1.82, 2.24) is 24.8 Å². The highest BCUT2D eigenvalue weighted by molar-refractivity contribution is 5.79. The lowest BCUT2D eigenvalue weighted by Crippen LogP contribution is -2.38. The van der Waals surface area contributed by atoms with Gasteiger partial charge in [0.1, 0.15) is 11.6 Å². The van der Waals surface area contributed by atoms with Gasteiger partial charge < -0.3 is 15.0 Å². The predicted molar refractivity (Wildman–Crippen MR) is 99.3 cm³/mol. The number of anilines is 2. The van der Waals surface area contributed by atoms with Gasteiger partial charge in [-0.15, -0.1) is 0 Å². The van der Waals surface area contributed by atoms with E-state index in [1.165, 1.54) is 0 Å². The van der Waals surface area contributed by atoms with E-state index in [4.69, 9.17) is 4.74 Å². The van der Waals surface area contributed by atoms with Crippen LogP contribution in [0.1, 0.15) is 43.2 Å². The van der Waals surface area contributed by atoms with Crippen molar-refractivity contribution in [3.8, 4) is 0 Å². The lowest BCUT2D eigenvalue weighted by atomic mass is 9.98. The summed E-state index contributed by atoms with van der Waals surface area (Å²) in [6, 6.07) is 3.67. The Balaban J connectivity index is 1.55. The number of rotatable bonds is 4. The van der Waals surface area contributed by atoms with Crippen LogP contribution in [0.2, 0.25) is 0 Å². The van der Waals surface area contributed by atoms with Gasteiger partial charge in [-0.25, -0.2) is 19.9 Å². The molecule has 1 unspecified atom stereocenters. The fraction of sp³-hybridized carbons (Fsp3) is 0.526. The summed E-state index contributed by atoms with van der Waals surface area (Å²) in [4.78, 5) is 32.5. The van der Waals surface area contributed by atoms with Crippen molar-refractivity contribution in [3.63, 3.8) is 0 Å². The van der Waals surface area contributed by atoms with Gasteiger partial charge in [-0.1, -0.05) is 0 Å². The number of ether oxygens (including phenoxy) is 1. The molecule has 1 N–H and O–H groups in total. The number of carbonyl (C=O) groups is 1. The summed E-state index contributed by atoms with van der Waals surface area (Å²) in [5.41, 5.74) is 0.874. The molecule has 4 heterocycles. The normalized spacial score (nSPS) is 20.6. The van der Waals surface area contributed by atoms with Crippen LogP contribution in [0.3, 0.4) is 0 Å². The van der Waals surface area contributed by atoms with Gasteiger partial charge in [-0.3, -0.25) is 4.79 Å². The highest BCUT2D eigenvalue weighted by atomic mass is 16.5. The van der Waals surface area contributed by atoms with E-state index >= 15 is 0 Å². The molecule has 8 nitrogen and oxygen atoms in total. The fourth-order valence-corrected chi connectivity index (χ4v) is 3.82. The van der Waals surface area contributed by atoms with Crippen molar-refractivity contribution < 1.29 is 9.53 Å². The summed E-state index contributed by atoms with van der Waals surface area (Å²) >= 11 is 0. The van der Waals surface area contributed by atoms with Gasteiger partial charge in [0.25, 0.3) is 0 Å². The van der Waals surface area contributed by atoms with Gasteiger partial charge in [-0.05, 0) is 38.7 Å². The first-order chi connectivity index (χ1) is 13.2. The van der Waals surface area contributed by atoms with Gasteiger partial charge in [-0.2, -0.15) is 0 Å². The van der Waals surface area contributed by atoms with Crippen LogP contribution in [0, 0.1) is 12.8 Å². The zero-order chi connectivity index (χ0) is 18.6. The zero-order valence-electron chi connectivity index (χ0n) is 15.5. The first kappa shape index (κ1) is 17.8. The standard InChI is InChI=1S/C19H24N6O2/c1-13-22-15(12-17(23-13)24-19-20-7-3-8-21-19)16-4-2-9-25(16)18(26)14-5-10-27-11-6-14/h3,7-8,12,14,16H,2,4-6,9-11H2,1H3,(H,20,21,22,23,24). The van der Waals surface area contributed by atoms with E-state index in [2.05, 4.69) is 25.3 Å². The summed E-state index contributed by atoms with van der Waals surface area (Å²) in [6.07, 6.45) is 6.89. The minimum absolute atomic E-state index is 0.000661. The zero-order valence-corrected chi connectivity index (χ0v) is 15.5. The Morgan fingerprint density at radius 3 is 2.74 bits per heavy atom. The summed E-state index contributed by atoms with van der Waals surface area (Å²) in [7, 11) is 0. The molecule has 2 aromatic heterocycles. The van der Waals surface area contributed by atoms with E-state index in [9.17, 15) is 4.79 Å². The third-order valence-electron chi connectivity index (χ3n) is 5.11. The smallest absolute Gasteiger partial charge is 0.228 e. The second-order valence-electron chi connectivity index (χ2n) is 7.00. The minimum Gasteiger partial charge on any atom is -0.381 e.